The van der Waals surface area contributed by atoms with Crippen molar-refractivity contribution < 1.29 is 14.1 Å². The smallest absolute Gasteiger partial charge is 0.257 e. The minimum absolute atomic E-state index is 0.0734. The van der Waals surface area contributed by atoms with Crippen LogP contribution in [0.2, 0.25) is 0 Å². The Hall–Kier alpha value is -3.49. The topological polar surface area (TPSA) is 115 Å². The van der Waals surface area contributed by atoms with E-state index in [1.54, 1.807) is 30.1 Å². The molecule has 2 amide bonds. The molecule has 1 aliphatic rings. The molecule has 0 aromatic carbocycles. The summed E-state index contributed by atoms with van der Waals surface area (Å²) in [6.45, 7) is 3.69. The van der Waals surface area contributed by atoms with Crippen LogP contribution in [0.3, 0.4) is 0 Å². The third-order valence-electron chi connectivity index (χ3n) is 6.09. The molecule has 0 bridgehead atoms. The molecule has 0 spiro atoms. The molecule has 9 nitrogen and oxygen atoms in total. The van der Waals surface area contributed by atoms with Gasteiger partial charge in [0.25, 0.3) is 5.91 Å². The molecule has 3 heterocycles. The van der Waals surface area contributed by atoms with Crippen molar-refractivity contribution >= 4 is 17.6 Å². The largest absolute Gasteiger partial charge is 0.364 e. The van der Waals surface area contributed by atoms with Gasteiger partial charge in [0, 0.05) is 18.8 Å². The van der Waals surface area contributed by atoms with Crippen molar-refractivity contribution in [3.63, 3.8) is 0 Å². The van der Waals surface area contributed by atoms with E-state index in [0.717, 1.165) is 48.9 Å². The summed E-state index contributed by atoms with van der Waals surface area (Å²) in [7, 11) is 1.88. The number of aryl methyl sites for hydroxylation is 3. The molecular weight excluding hydrogens is 408 g/mol. The lowest BCUT2D eigenvalue weighted by molar-refractivity contribution is -0.119. The first-order valence-corrected chi connectivity index (χ1v) is 10.9. The number of hydrogen-bond donors (Lipinski definition) is 2. The number of hydrogen-bond acceptors (Lipinski definition) is 6. The van der Waals surface area contributed by atoms with Crippen LogP contribution >= 0.6 is 0 Å². The lowest BCUT2D eigenvalue weighted by atomic mass is 9.83. The van der Waals surface area contributed by atoms with Crippen LogP contribution in [0.25, 0.3) is 11.3 Å². The molecule has 0 unspecified atom stereocenters. The van der Waals surface area contributed by atoms with Crippen LogP contribution in [0.4, 0.5) is 5.82 Å². The molecule has 1 aliphatic carbocycles. The van der Waals surface area contributed by atoms with Crippen LogP contribution in [0.1, 0.15) is 53.7 Å². The second-order valence-electron chi connectivity index (χ2n) is 8.38. The Morgan fingerprint density at radius 2 is 1.94 bits per heavy atom. The van der Waals surface area contributed by atoms with Crippen molar-refractivity contribution in [3.8, 4) is 11.3 Å². The molecule has 2 N–H and O–H groups in total. The summed E-state index contributed by atoms with van der Waals surface area (Å²) in [4.78, 5) is 30.4. The van der Waals surface area contributed by atoms with E-state index in [-0.39, 0.29) is 17.7 Å². The molecule has 0 aliphatic heterocycles. The predicted octanol–water partition coefficient (Wildman–Crippen LogP) is 3.40. The molecule has 168 valence electrons. The summed E-state index contributed by atoms with van der Waals surface area (Å²) in [6.07, 6.45) is 9.87. The number of nitrogens with zero attached hydrogens (tertiary/aromatic N) is 4. The molecule has 0 saturated heterocycles. The summed E-state index contributed by atoms with van der Waals surface area (Å²) >= 11 is 0. The number of rotatable bonds is 6. The van der Waals surface area contributed by atoms with E-state index < -0.39 is 6.04 Å². The van der Waals surface area contributed by atoms with Crippen LogP contribution in [0, 0.1) is 19.8 Å². The molecular formula is C23H28N6O3. The highest BCUT2D eigenvalue weighted by Gasteiger charge is 2.32. The van der Waals surface area contributed by atoms with Crippen LogP contribution in [0.5, 0.6) is 0 Å². The van der Waals surface area contributed by atoms with Gasteiger partial charge in [-0.15, -0.1) is 0 Å². The summed E-state index contributed by atoms with van der Waals surface area (Å²) in [5.74, 6) is -0.111. The monoisotopic (exact) mass is 436 g/mol. The minimum Gasteiger partial charge on any atom is -0.364 e. The fourth-order valence-corrected chi connectivity index (χ4v) is 4.37. The number of amides is 2. The van der Waals surface area contributed by atoms with Crippen LogP contribution in [-0.4, -0.2) is 37.8 Å². The lowest BCUT2D eigenvalue weighted by Crippen LogP contribution is -2.49. The van der Waals surface area contributed by atoms with Gasteiger partial charge in [-0.2, -0.15) is 5.10 Å². The maximum absolute atomic E-state index is 13.2. The minimum atomic E-state index is -0.655. The molecule has 3 aromatic heterocycles. The predicted molar refractivity (Wildman–Crippen MR) is 119 cm³/mol. The third kappa shape index (κ3) is 4.56. The number of nitrogens with one attached hydrogen (secondary N) is 2. The fourth-order valence-electron chi connectivity index (χ4n) is 4.37. The van der Waals surface area contributed by atoms with Crippen LogP contribution in [0.15, 0.2) is 35.3 Å². The first kappa shape index (κ1) is 21.7. The van der Waals surface area contributed by atoms with Gasteiger partial charge in [0.1, 0.15) is 23.7 Å². The lowest BCUT2D eigenvalue weighted by Gasteiger charge is -2.29. The molecule has 1 atom stereocenters. The van der Waals surface area contributed by atoms with Crippen molar-refractivity contribution in [2.75, 3.05) is 5.32 Å². The zero-order chi connectivity index (χ0) is 22.7. The van der Waals surface area contributed by atoms with Crippen molar-refractivity contribution in [1.29, 1.82) is 0 Å². The van der Waals surface area contributed by atoms with E-state index in [1.807, 2.05) is 20.0 Å². The maximum Gasteiger partial charge on any atom is 0.257 e. The zero-order valence-corrected chi connectivity index (χ0v) is 18.6. The number of carbonyl (C=O) groups excluding carboxylic acids is 2. The van der Waals surface area contributed by atoms with E-state index in [4.69, 9.17) is 4.52 Å². The van der Waals surface area contributed by atoms with Gasteiger partial charge in [-0.05, 0) is 50.3 Å². The van der Waals surface area contributed by atoms with Crippen LogP contribution < -0.4 is 10.6 Å². The average molecular weight is 437 g/mol. The summed E-state index contributed by atoms with van der Waals surface area (Å²) in [6, 6.07) is 3.02. The zero-order valence-electron chi connectivity index (χ0n) is 18.6. The molecule has 3 aromatic rings. The maximum atomic E-state index is 13.2. The first-order valence-electron chi connectivity index (χ1n) is 10.9. The Balaban J connectivity index is 1.50. The Bertz CT molecular complexity index is 1080. The van der Waals surface area contributed by atoms with Crippen molar-refractivity contribution in [2.24, 2.45) is 13.0 Å². The molecule has 4 rings (SSSR count). The Labute approximate surface area is 186 Å². The van der Waals surface area contributed by atoms with Gasteiger partial charge in [0.2, 0.25) is 5.91 Å². The van der Waals surface area contributed by atoms with Crippen molar-refractivity contribution in [2.45, 2.75) is 52.0 Å². The van der Waals surface area contributed by atoms with E-state index >= 15 is 0 Å². The number of pyridine rings is 1. The molecule has 32 heavy (non-hydrogen) atoms. The average Bonchev–Trinajstić information content (AvgIpc) is 3.37. The second-order valence-corrected chi connectivity index (χ2v) is 8.38. The Morgan fingerprint density at radius 3 is 2.53 bits per heavy atom. The van der Waals surface area contributed by atoms with Crippen molar-refractivity contribution in [1.82, 2.24) is 25.2 Å². The van der Waals surface area contributed by atoms with Gasteiger partial charge in [-0.25, -0.2) is 4.98 Å². The highest BCUT2D eigenvalue weighted by Crippen LogP contribution is 2.28. The van der Waals surface area contributed by atoms with Gasteiger partial charge >= 0.3 is 0 Å². The standard InChI is InChI=1S/C23H28N6O3/c1-14-11-25-29(3)21(14)17-9-10-19(24-12-17)26-23(31)20(16-7-5-4-6-8-16)27-22(30)18-13-32-28-15(18)2/h9-13,16,20H,4-8H2,1-3H3,(H,27,30)(H,24,26,31)/t20-/m0/s1. The summed E-state index contributed by atoms with van der Waals surface area (Å²) in [5, 5.41) is 13.8. The van der Waals surface area contributed by atoms with Gasteiger partial charge in [-0.1, -0.05) is 24.4 Å². The number of carbonyl (C=O) groups is 2. The third-order valence-corrected chi connectivity index (χ3v) is 6.09. The number of anilines is 1. The number of aromatic nitrogens is 4. The molecule has 1 fully saturated rings. The Kier molecular flexibility index (Phi) is 6.34. The summed E-state index contributed by atoms with van der Waals surface area (Å²) in [5.41, 5.74) is 3.78. The quantitative estimate of drug-likeness (QED) is 0.612. The van der Waals surface area contributed by atoms with E-state index in [1.165, 1.54) is 6.26 Å². The van der Waals surface area contributed by atoms with Gasteiger partial charge in [-0.3, -0.25) is 14.3 Å². The normalized spacial score (nSPS) is 15.3. The SMILES string of the molecule is Cc1cnn(C)c1-c1ccc(NC(=O)[C@@H](NC(=O)c2conc2C)C2CCCCC2)nc1. The van der Waals surface area contributed by atoms with Crippen molar-refractivity contribution in [3.05, 3.63) is 47.6 Å². The van der Waals surface area contributed by atoms with Gasteiger partial charge in [0.05, 0.1) is 17.6 Å². The first-order chi connectivity index (χ1) is 15.4. The van der Waals surface area contributed by atoms with Gasteiger partial charge in [0.15, 0.2) is 0 Å². The van der Waals surface area contributed by atoms with E-state index in [9.17, 15) is 9.59 Å². The molecule has 0 radical (unpaired) electrons. The van der Waals surface area contributed by atoms with E-state index in [2.05, 4.69) is 25.9 Å². The fraction of sp³-hybridized carbons (Fsp3) is 0.435. The second kappa shape index (κ2) is 9.33. The molecule has 1 saturated carbocycles. The Morgan fingerprint density at radius 1 is 1.16 bits per heavy atom. The highest BCUT2D eigenvalue weighted by atomic mass is 16.5. The van der Waals surface area contributed by atoms with Crippen LogP contribution in [-0.2, 0) is 11.8 Å². The van der Waals surface area contributed by atoms with Gasteiger partial charge < -0.3 is 15.2 Å². The molecule has 9 heteroatoms. The highest BCUT2D eigenvalue weighted by molar-refractivity contribution is 6.01. The summed E-state index contributed by atoms with van der Waals surface area (Å²) < 4.78 is 6.68. The van der Waals surface area contributed by atoms with E-state index in [0.29, 0.717) is 17.1 Å².